The highest BCUT2D eigenvalue weighted by Gasteiger charge is 2.23. The third-order valence-corrected chi connectivity index (χ3v) is 4.08. The lowest BCUT2D eigenvalue weighted by molar-refractivity contribution is -0.117. The summed E-state index contributed by atoms with van der Waals surface area (Å²) in [4.78, 5) is 16.2. The molecule has 1 saturated carbocycles. The molecule has 0 spiro atoms. The number of rotatable bonds is 6. The second kappa shape index (κ2) is 8.57. The van der Waals surface area contributed by atoms with E-state index < -0.39 is 0 Å². The van der Waals surface area contributed by atoms with Gasteiger partial charge in [0.05, 0.1) is 5.69 Å². The van der Waals surface area contributed by atoms with Gasteiger partial charge >= 0.3 is 0 Å². The second-order valence-electron chi connectivity index (χ2n) is 5.61. The van der Waals surface area contributed by atoms with Crippen molar-refractivity contribution in [3.05, 3.63) is 36.2 Å². The van der Waals surface area contributed by atoms with Crippen LogP contribution < -0.4 is 5.32 Å². The monoisotopic (exact) mass is 288 g/mol. The molecule has 114 valence electrons. The Labute approximate surface area is 126 Å². The molecule has 1 unspecified atom stereocenters. The molecule has 1 aliphatic carbocycles. The van der Waals surface area contributed by atoms with Crippen molar-refractivity contribution >= 4 is 12.0 Å². The van der Waals surface area contributed by atoms with Crippen molar-refractivity contribution < 1.29 is 9.90 Å². The van der Waals surface area contributed by atoms with Crippen LogP contribution in [0, 0.1) is 5.92 Å². The number of nitrogens with zero attached hydrogens (tertiary/aromatic N) is 1. The lowest BCUT2D eigenvalue weighted by Crippen LogP contribution is -2.41. The Morgan fingerprint density at radius 3 is 2.86 bits per heavy atom. The molecule has 2 rings (SSSR count). The predicted octanol–water partition coefficient (Wildman–Crippen LogP) is 2.54. The topological polar surface area (TPSA) is 62.2 Å². The largest absolute Gasteiger partial charge is 0.396 e. The van der Waals surface area contributed by atoms with Gasteiger partial charge in [-0.1, -0.05) is 25.3 Å². The van der Waals surface area contributed by atoms with Crippen molar-refractivity contribution in [2.75, 3.05) is 6.61 Å². The molecular formula is C17H24N2O2. The highest BCUT2D eigenvalue weighted by atomic mass is 16.3. The van der Waals surface area contributed by atoms with Crippen LogP contribution in [0.25, 0.3) is 6.08 Å². The van der Waals surface area contributed by atoms with Gasteiger partial charge in [0.15, 0.2) is 0 Å². The first-order valence-electron chi connectivity index (χ1n) is 7.80. The summed E-state index contributed by atoms with van der Waals surface area (Å²) in [7, 11) is 0. The minimum atomic E-state index is -0.107. The molecule has 1 heterocycles. The van der Waals surface area contributed by atoms with Crippen LogP contribution in [-0.2, 0) is 4.79 Å². The van der Waals surface area contributed by atoms with Crippen LogP contribution in [-0.4, -0.2) is 28.6 Å². The number of nitrogens with one attached hydrogen (secondary N) is 1. The molecule has 0 saturated heterocycles. The maximum absolute atomic E-state index is 12.0. The lowest BCUT2D eigenvalue weighted by Gasteiger charge is -2.30. The van der Waals surface area contributed by atoms with Gasteiger partial charge in [0.25, 0.3) is 0 Å². The maximum Gasteiger partial charge on any atom is 0.244 e. The number of amides is 1. The van der Waals surface area contributed by atoms with Crippen LogP contribution in [0.3, 0.4) is 0 Å². The number of pyridine rings is 1. The summed E-state index contributed by atoms with van der Waals surface area (Å²) in [5.41, 5.74) is 0.768. The molecule has 0 aliphatic heterocycles. The van der Waals surface area contributed by atoms with Crippen LogP contribution in [0.4, 0.5) is 0 Å². The fraction of sp³-hybridized carbons (Fsp3) is 0.529. The fourth-order valence-corrected chi connectivity index (χ4v) is 2.97. The molecule has 1 fully saturated rings. The normalized spacial score (nSPS) is 17.8. The molecule has 0 radical (unpaired) electrons. The molecule has 1 aromatic heterocycles. The first kappa shape index (κ1) is 15.7. The SMILES string of the molecule is O=C(/C=C/c1ccccn1)NC(CCO)C1CCCCC1. The van der Waals surface area contributed by atoms with E-state index in [9.17, 15) is 9.90 Å². The average molecular weight is 288 g/mol. The Kier molecular flexibility index (Phi) is 6.41. The summed E-state index contributed by atoms with van der Waals surface area (Å²) in [6, 6.07) is 5.67. The third kappa shape index (κ3) is 5.31. The molecule has 1 aromatic rings. The molecule has 2 N–H and O–H groups in total. The van der Waals surface area contributed by atoms with Crippen molar-refractivity contribution in [3.8, 4) is 0 Å². The number of hydrogen-bond acceptors (Lipinski definition) is 3. The Bertz CT molecular complexity index is 453. The van der Waals surface area contributed by atoms with Crippen molar-refractivity contribution in [3.63, 3.8) is 0 Å². The summed E-state index contributed by atoms with van der Waals surface area (Å²) in [6.07, 6.45) is 11.6. The summed E-state index contributed by atoms with van der Waals surface area (Å²) in [5.74, 6) is 0.391. The highest BCUT2D eigenvalue weighted by Crippen LogP contribution is 2.27. The highest BCUT2D eigenvalue weighted by molar-refractivity contribution is 5.91. The zero-order valence-corrected chi connectivity index (χ0v) is 12.4. The fourth-order valence-electron chi connectivity index (χ4n) is 2.97. The van der Waals surface area contributed by atoms with E-state index in [0.717, 1.165) is 18.5 Å². The number of aliphatic hydroxyl groups excluding tert-OH is 1. The first-order valence-corrected chi connectivity index (χ1v) is 7.80. The minimum absolute atomic E-state index is 0.0798. The number of carbonyl (C=O) groups excluding carboxylic acids is 1. The zero-order chi connectivity index (χ0) is 14.9. The molecular weight excluding hydrogens is 264 g/mol. The van der Waals surface area contributed by atoms with E-state index in [4.69, 9.17) is 0 Å². The van der Waals surface area contributed by atoms with Gasteiger partial charge in [0.2, 0.25) is 5.91 Å². The number of aliphatic hydroxyl groups is 1. The molecule has 1 atom stereocenters. The average Bonchev–Trinajstić information content (AvgIpc) is 2.54. The van der Waals surface area contributed by atoms with Crippen molar-refractivity contribution in [1.29, 1.82) is 0 Å². The Morgan fingerprint density at radius 2 is 2.19 bits per heavy atom. The molecule has 21 heavy (non-hydrogen) atoms. The number of aromatic nitrogens is 1. The quantitative estimate of drug-likeness (QED) is 0.791. The van der Waals surface area contributed by atoms with E-state index in [1.54, 1.807) is 12.3 Å². The van der Waals surface area contributed by atoms with Gasteiger partial charge in [-0.3, -0.25) is 9.78 Å². The smallest absolute Gasteiger partial charge is 0.244 e. The Hall–Kier alpha value is -1.68. The molecule has 0 bridgehead atoms. The van der Waals surface area contributed by atoms with E-state index >= 15 is 0 Å². The van der Waals surface area contributed by atoms with Gasteiger partial charge in [-0.2, -0.15) is 0 Å². The van der Waals surface area contributed by atoms with Crippen molar-refractivity contribution in [2.24, 2.45) is 5.92 Å². The van der Waals surface area contributed by atoms with E-state index in [1.165, 1.54) is 25.3 Å². The van der Waals surface area contributed by atoms with E-state index in [2.05, 4.69) is 10.3 Å². The summed E-state index contributed by atoms with van der Waals surface area (Å²) in [6.45, 7) is 0.116. The standard InChI is InChI=1S/C17H24N2O2/c20-13-11-16(14-6-2-1-3-7-14)19-17(21)10-9-15-8-4-5-12-18-15/h4-5,8-10,12,14,16,20H,1-3,6-7,11,13H2,(H,19,21)/b10-9+. The Balaban J connectivity index is 1.89. The zero-order valence-electron chi connectivity index (χ0n) is 12.4. The molecule has 4 nitrogen and oxygen atoms in total. The first-order chi connectivity index (χ1) is 10.3. The van der Waals surface area contributed by atoms with Crippen LogP contribution in [0.5, 0.6) is 0 Å². The maximum atomic E-state index is 12.0. The van der Waals surface area contributed by atoms with Crippen LogP contribution >= 0.6 is 0 Å². The minimum Gasteiger partial charge on any atom is -0.396 e. The summed E-state index contributed by atoms with van der Waals surface area (Å²) < 4.78 is 0. The van der Waals surface area contributed by atoms with Gasteiger partial charge in [0.1, 0.15) is 0 Å². The van der Waals surface area contributed by atoms with Crippen LogP contribution in [0.15, 0.2) is 30.5 Å². The van der Waals surface area contributed by atoms with Gasteiger partial charge in [-0.25, -0.2) is 0 Å². The number of carbonyl (C=O) groups is 1. The summed E-state index contributed by atoms with van der Waals surface area (Å²) in [5, 5.41) is 12.3. The summed E-state index contributed by atoms with van der Waals surface area (Å²) >= 11 is 0. The van der Waals surface area contributed by atoms with E-state index in [0.29, 0.717) is 12.3 Å². The molecule has 1 amide bonds. The third-order valence-electron chi connectivity index (χ3n) is 4.08. The van der Waals surface area contributed by atoms with E-state index in [-0.39, 0.29) is 18.6 Å². The van der Waals surface area contributed by atoms with Crippen LogP contribution in [0.1, 0.15) is 44.2 Å². The van der Waals surface area contributed by atoms with Crippen molar-refractivity contribution in [1.82, 2.24) is 10.3 Å². The molecule has 4 heteroatoms. The van der Waals surface area contributed by atoms with Gasteiger partial charge < -0.3 is 10.4 Å². The second-order valence-corrected chi connectivity index (χ2v) is 5.61. The Morgan fingerprint density at radius 1 is 1.38 bits per heavy atom. The number of hydrogen-bond donors (Lipinski definition) is 2. The molecule has 1 aliphatic rings. The van der Waals surface area contributed by atoms with Gasteiger partial charge in [-0.05, 0) is 43.4 Å². The predicted molar refractivity (Wildman–Crippen MR) is 83.5 cm³/mol. The van der Waals surface area contributed by atoms with Crippen molar-refractivity contribution in [2.45, 2.75) is 44.6 Å². The van der Waals surface area contributed by atoms with Gasteiger partial charge in [0, 0.05) is 24.9 Å². The van der Waals surface area contributed by atoms with E-state index in [1.807, 2.05) is 18.2 Å². The van der Waals surface area contributed by atoms with Gasteiger partial charge in [-0.15, -0.1) is 0 Å². The van der Waals surface area contributed by atoms with Crippen LogP contribution in [0.2, 0.25) is 0 Å². The molecule has 0 aromatic carbocycles. The lowest BCUT2D eigenvalue weighted by atomic mass is 9.82.